The molecule has 0 aromatic heterocycles. The monoisotopic (exact) mass is 188 g/mol. The maximum atomic E-state index is 10.1. The summed E-state index contributed by atoms with van der Waals surface area (Å²) in [6.45, 7) is 7.46. The summed E-state index contributed by atoms with van der Waals surface area (Å²) < 4.78 is 0. The molecule has 1 nitrogen and oxygen atoms in total. The van der Waals surface area contributed by atoms with E-state index in [9.17, 15) is 5.11 Å². The maximum absolute atomic E-state index is 10.1. The van der Waals surface area contributed by atoms with Gasteiger partial charge in [0.25, 0.3) is 0 Å². The van der Waals surface area contributed by atoms with Gasteiger partial charge >= 0.3 is 0 Å². The van der Waals surface area contributed by atoms with Gasteiger partial charge in [-0.25, -0.2) is 0 Å². The molecule has 0 spiro atoms. The molecular formula is C13H16O. The molecule has 0 radical (unpaired) electrons. The minimum Gasteiger partial charge on any atom is -0.374 e. The summed E-state index contributed by atoms with van der Waals surface area (Å²) >= 11 is 0. The second kappa shape index (κ2) is 3.86. The second-order valence-electron chi connectivity index (χ2n) is 3.77. The first-order valence-corrected chi connectivity index (χ1v) is 4.71. The zero-order valence-electron chi connectivity index (χ0n) is 9.18. The lowest BCUT2D eigenvalue weighted by Gasteiger charge is -2.20. The molecule has 74 valence electrons. The van der Waals surface area contributed by atoms with Crippen molar-refractivity contribution in [3.05, 3.63) is 34.9 Å². The fourth-order valence-electron chi connectivity index (χ4n) is 1.57. The van der Waals surface area contributed by atoms with Crippen LogP contribution in [0.5, 0.6) is 0 Å². The molecule has 14 heavy (non-hydrogen) atoms. The van der Waals surface area contributed by atoms with Crippen LogP contribution in [0.1, 0.15) is 30.5 Å². The first-order valence-electron chi connectivity index (χ1n) is 4.71. The minimum absolute atomic E-state index is 0.895. The molecule has 1 unspecified atom stereocenters. The van der Waals surface area contributed by atoms with Crippen molar-refractivity contribution in [1.82, 2.24) is 0 Å². The number of aryl methyl sites for hydroxylation is 2. The van der Waals surface area contributed by atoms with Gasteiger partial charge < -0.3 is 5.11 Å². The highest BCUT2D eigenvalue weighted by atomic mass is 16.3. The molecule has 0 heterocycles. The van der Waals surface area contributed by atoms with Crippen LogP contribution in [0.2, 0.25) is 0 Å². The molecule has 0 aliphatic heterocycles. The average Bonchev–Trinajstić information content (AvgIpc) is 2.09. The van der Waals surface area contributed by atoms with Gasteiger partial charge in [0.2, 0.25) is 0 Å². The number of hydrogen-bond acceptors (Lipinski definition) is 1. The Labute approximate surface area is 85.8 Å². The molecule has 0 saturated carbocycles. The highest BCUT2D eigenvalue weighted by Gasteiger charge is 2.21. The van der Waals surface area contributed by atoms with Crippen LogP contribution in [0.4, 0.5) is 0 Å². The molecule has 1 aromatic rings. The molecule has 1 atom stereocenters. The standard InChI is InChI=1S/C13H16O/c1-5-8-13(4,14)12-9-10(2)6-7-11(12)3/h6-7,9,14H,1-4H3. The van der Waals surface area contributed by atoms with Crippen LogP contribution >= 0.6 is 0 Å². The van der Waals surface area contributed by atoms with Crippen molar-refractivity contribution in [1.29, 1.82) is 0 Å². The van der Waals surface area contributed by atoms with Gasteiger partial charge in [-0.2, -0.15) is 0 Å². The summed E-state index contributed by atoms with van der Waals surface area (Å²) in [5.74, 6) is 5.56. The van der Waals surface area contributed by atoms with Crippen molar-refractivity contribution in [2.24, 2.45) is 0 Å². The number of aliphatic hydroxyl groups is 1. The summed E-state index contributed by atoms with van der Waals surface area (Å²) in [6, 6.07) is 6.03. The molecule has 1 heteroatoms. The van der Waals surface area contributed by atoms with Crippen molar-refractivity contribution in [3.8, 4) is 11.8 Å². The highest BCUT2D eigenvalue weighted by molar-refractivity contribution is 5.39. The lowest BCUT2D eigenvalue weighted by Crippen LogP contribution is -2.20. The summed E-state index contributed by atoms with van der Waals surface area (Å²) in [6.07, 6.45) is 0. The molecule has 0 aliphatic rings. The smallest absolute Gasteiger partial charge is 0.148 e. The van der Waals surface area contributed by atoms with E-state index in [0.717, 1.165) is 16.7 Å². The van der Waals surface area contributed by atoms with Gasteiger partial charge in [0, 0.05) is 0 Å². The van der Waals surface area contributed by atoms with Crippen LogP contribution in [-0.2, 0) is 5.60 Å². The average molecular weight is 188 g/mol. The Balaban J connectivity index is 3.28. The van der Waals surface area contributed by atoms with E-state index in [2.05, 4.69) is 11.8 Å². The van der Waals surface area contributed by atoms with E-state index in [4.69, 9.17) is 0 Å². The van der Waals surface area contributed by atoms with Crippen molar-refractivity contribution < 1.29 is 5.11 Å². The van der Waals surface area contributed by atoms with Gasteiger partial charge in [-0.3, -0.25) is 0 Å². The van der Waals surface area contributed by atoms with Crippen LogP contribution in [0.15, 0.2) is 18.2 Å². The SMILES string of the molecule is CC#CC(C)(O)c1cc(C)ccc1C. The lowest BCUT2D eigenvalue weighted by molar-refractivity contribution is 0.121. The van der Waals surface area contributed by atoms with Gasteiger partial charge in [0.15, 0.2) is 0 Å². The highest BCUT2D eigenvalue weighted by Crippen LogP contribution is 2.24. The van der Waals surface area contributed by atoms with Gasteiger partial charge in [-0.15, -0.1) is 5.92 Å². The third-order valence-electron chi connectivity index (χ3n) is 2.29. The summed E-state index contributed by atoms with van der Waals surface area (Å²) in [5.41, 5.74) is 2.07. The molecule has 0 fully saturated rings. The molecule has 0 saturated heterocycles. The molecule has 0 aliphatic carbocycles. The Kier molecular flexibility index (Phi) is 2.98. The third-order valence-corrected chi connectivity index (χ3v) is 2.29. The molecule has 1 N–H and O–H groups in total. The predicted octanol–water partition coefficient (Wildman–Crippen LogP) is 2.53. The van der Waals surface area contributed by atoms with E-state index in [1.807, 2.05) is 32.0 Å². The van der Waals surface area contributed by atoms with Crippen molar-refractivity contribution in [2.75, 3.05) is 0 Å². The third kappa shape index (κ3) is 2.16. The van der Waals surface area contributed by atoms with Crippen LogP contribution in [0.25, 0.3) is 0 Å². The first-order chi connectivity index (χ1) is 6.47. The van der Waals surface area contributed by atoms with Crippen LogP contribution in [0, 0.1) is 25.7 Å². The Morgan fingerprint density at radius 3 is 2.50 bits per heavy atom. The fraction of sp³-hybridized carbons (Fsp3) is 0.385. The van der Waals surface area contributed by atoms with E-state index in [1.165, 1.54) is 0 Å². The molecule has 0 amide bonds. The van der Waals surface area contributed by atoms with E-state index >= 15 is 0 Å². The van der Waals surface area contributed by atoms with Crippen molar-refractivity contribution in [3.63, 3.8) is 0 Å². The Morgan fingerprint density at radius 2 is 1.93 bits per heavy atom. The minimum atomic E-state index is -1.04. The van der Waals surface area contributed by atoms with Gasteiger partial charge in [-0.1, -0.05) is 29.7 Å². The number of hydrogen-bond donors (Lipinski definition) is 1. The van der Waals surface area contributed by atoms with Gasteiger partial charge in [-0.05, 0) is 38.8 Å². The summed E-state index contributed by atoms with van der Waals surface area (Å²) in [4.78, 5) is 0. The summed E-state index contributed by atoms with van der Waals surface area (Å²) in [5, 5.41) is 10.1. The van der Waals surface area contributed by atoms with Crippen LogP contribution in [0.3, 0.4) is 0 Å². The molecular weight excluding hydrogens is 172 g/mol. The Hall–Kier alpha value is -1.26. The van der Waals surface area contributed by atoms with E-state index in [-0.39, 0.29) is 0 Å². The largest absolute Gasteiger partial charge is 0.374 e. The molecule has 1 rings (SSSR count). The zero-order chi connectivity index (χ0) is 10.8. The van der Waals surface area contributed by atoms with Gasteiger partial charge in [0.05, 0.1) is 0 Å². The van der Waals surface area contributed by atoms with E-state index in [1.54, 1.807) is 13.8 Å². The van der Waals surface area contributed by atoms with E-state index < -0.39 is 5.60 Å². The first kappa shape index (κ1) is 10.8. The second-order valence-corrected chi connectivity index (χ2v) is 3.77. The zero-order valence-corrected chi connectivity index (χ0v) is 9.18. The number of rotatable bonds is 1. The topological polar surface area (TPSA) is 20.2 Å². The normalized spacial score (nSPS) is 14.1. The van der Waals surface area contributed by atoms with Crippen molar-refractivity contribution >= 4 is 0 Å². The molecule has 0 bridgehead atoms. The predicted molar refractivity (Wildman–Crippen MR) is 58.9 cm³/mol. The van der Waals surface area contributed by atoms with Crippen LogP contribution in [-0.4, -0.2) is 5.11 Å². The Morgan fingerprint density at radius 1 is 1.29 bits per heavy atom. The fourth-order valence-corrected chi connectivity index (χ4v) is 1.57. The van der Waals surface area contributed by atoms with E-state index in [0.29, 0.717) is 0 Å². The summed E-state index contributed by atoms with van der Waals surface area (Å²) in [7, 11) is 0. The molecule has 1 aromatic carbocycles. The number of benzene rings is 1. The maximum Gasteiger partial charge on any atom is 0.148 e. The van der Waals surface area contributed by atoms with Crippen LogP contribution < -0.4 is 0 Å². The quantitative estimate of drug-likeness (QED) is 0.671. The van der Waals surface area contributed by atoms with Crippen molar-refractivity contribution in [2.45, 2.75) is 33.3 Å². The lowest BCUT2D eigenvalue weighted by atomic mass is 9.91. The Bertz CT molecular complexity index is 391. The van der Waals surface area contributed by atoms with Gasteiger partial charge in [0.1, 0.15) is 5.60 Å².